The second-order valence-corrected chi connectivity index (χ2v) is 7.68. The Balaban J connectivity index is 1.93. The second-order valence-electron chi connectivity index (χ2n) is 5.45. The average molecular weight is 326 g/mol. The van der Waals surface area contributed by atoms with Crippen LogP contribution in [0.1, 0.15) is 13.3 Å². The molecule has 22 heavy (non-hydrogen) atoms. The third kappa shape index (κ3) is 4.45. The molecule has 0 bridgehead atoms. The molecule has 2 rings (SSSR count). The first-order valence-corrected chi connectivity index (χ1v) is 9.16. The van der Waals surface area contributed by atoms with E-state index in [1.165, 1.54) is 0 Å². The highest BCUT2D eigenvalue weighted by molar-refractivity contribution is 7.91. The molecule has 1 saturated heterocycles. The fourth-order valence-corrected chi connectivity index (χ4v) is 4.32. The maximum absolute atomic E-state index is 12.1. The zero-order valence-corrected chi connectivity index (χ0v) is 13.7. The van der Waals surface area contributed by atoms with Gasteiger partial charge in [0.15, 0.2) is 9.84 Å². The molecule has 0 aromatic heterocycles. The second kappa shape index (κ2) is 7.11. The summed E-state index contributed by atoms with van der Waals surface area (Å²) >= 11 is 0. The fraction of sp³-hybridized carbons (Fsp3) is 0.533. The average Bonchev–Trinajstić information content (AvgIpc) is 2.81. The van der Waals surface area contributed by atoms with Crippen LogP contribution in [-0.2, 0) is 14.6 Å². The summed E-state index contributed by atoms with van der Waals surface area (Å²) in [5, 5.41) is 2.82. The lowest BCUT2D eigenvalue weighted by Crippen LogP contribution is -2.38. The van der Waals surface area contributed by atoms with Gasteiger partial charge in [-0.25, -0.2) is 8.42 Å². The first kappa shape index (κ1) is 16.8. The van der Waals surface area contributed by atoms with Crippen LogP contribution in [0.2, 0.25) is 0 Å². The van der Waals surface area contributed by atoms with E-state index in [0.29, 0.717) is 24.5 Å². The number of carbonyl (C=O) groups is 1. The van der Waals surface area contributed by atoms with Gasteiger partial charge in [0.05, 0.1) is 30.3 Å². The van der Waals surface area contributed by atoms with Gasteiger partial charge in [0.2, 0.25) is 5.91 Å². The molecule has 1 aliphatic heterocycles. The number of amides is 1. The van der Waals surface area contributed by atoms with Crippen LogP contribution in [0.15, 0.2) is 24.3 Å². The Morgan fingerprint density at radius 3 is 2.77 bits per heavy atom. The molecule has 1 heterocycles. The quantitative estimate of drug-likeness (QED) is 0.848. The summed E-state index contributed by atoms with van der Waals surface area (Å²) in [6.45, 7) is 2.56. The van der Waals surface area contributed by atoms with Crippen LogP contribution in [-0.4, -0.2) is 57.0 Å². The minimum absolute atomic E-state index is 0.0853. The molecule has 0 spiro atoms. The maximum atomic E-state index is 12.1. The molecule has 0 aliphatic carbocycles. The van der Waals surface area contributed by atoms with Crippen LogP contribution in [0.5, 0.6) is 5.75 Å². The molecule has 1 N–H and O–H groups in total. The van der Waals surface area contributed by atoms with Gasteiger partial charge in [0.1, 0.15) is 5.75 Å². The smallest absolute Gasteiger partial charge is 0.238 e. The number of nitrogens with zero attached hydrogens (tertiary/aromatic N) is 1. The van der Waals surface area contributed by atoms with E-state index in [4.69, 9.17) is 4.74 Å². The van der Waals surface area contributed by atoms with Crippen molar-refractivity contribution in [2.75, 3.05) is 37.0 Å². The Hall–Kier alpha value is -1.60. The molecule has 1 aliphatic rings. The van der Waals surface area contributed by atoms with Gasteiger partial charge in [0.25, 0.3) is 0 Å². The zero-order valence-electron chi connectivity index (χ0n) is 12.9. The SMILES string of the molecule is CCOc1ccccc1NC(=O)CN(C)C1CCS(=O)(=O)C1. The topological polar surface area (TPSA) is 75.7 Å². The fourth-order valence-electron chi connectivity index (χ4n) is 2.52. The van der Waals surface area contributed by atoms with E-state index in [-0.39, 0.29) is 30.0 Å². The minimum atomic E-state index is -2.94. The normalized spacial score (nSPS) is 20.0. The van der Waals surface area contributed by atoms with E-state index in [0.717, 1.165) is 0 Å². The number of para-hydroxylation sites is 2. The van der Waals surface area contributed by atoms with Gasteiger partial charge in [-0.15, -0.1) is 0 Å². The summed E-state index contributed by atoms with van der Waals surface area (Å²) in [4.78, 5) is 13.9. The highest BCUT2D eigenvalue weighted by Crippen LogP contribution is 2.23. The first-order chi connectivity index (χ1) is 10.4. The minimum Gasteiger partial charge on any atom is -0.492 e. The summed E-state index contributed by atoms with van der Waals surface area (Å²) in [5.41, 5.74) is 0.627. The number of ether oxygens (including phenoxy) is 1. The van der Waals surface area contributed by atoms with Crippen molar-refractivity contribution in [3.63, 3.8) is 0 Å². The Labute approximate surface area is 131 Å². The van der Waals surface area contributed by atoms with Gasteiger partial charge >= 0.3 is 0 Å². The summed E-state index contributed by atoms with van der Waals surface area (Å²) in [6, 6.07) is 7.16. The number of likely N-dealkylation sites (N-methyl/N-ethyl adjacent to an activating group) is 1. The third-order valence-corrected chi connectivity index (χ3v) is 5.44. The zero-order chi connectivity index (χ0) is 16.2. The number of rotatable bonds is 6. The molecule has 1 unspecified atom stereocenters. The number of sulfone groups is 1. The lowest BCUT2D eigenvalue weighted by Gasteiger charge is -2.22. The summed E-state index contributed by atoms with van der Waals surface area (Å²) in [6.07, 6.45) is 0.585. The molecule has 122 valence electrons. The van der Waals surface area contributed by atoms with Crippen LogP contribution < -0.4 is 10.1 Å². The van der Waals surface area contributed by atoms with Gasteiger partial charge in [0, 0.05) is 6.04 Å². The third-order valence-electron chi connectivity index (χ3n) is 3.69. The summed E-state index contributed by atoms with van der Waals surface area (Å²) in [5.74, 6) is 0.784. The molecule has 1 aromatic rings. The van der Waals surface area contributed by atoms with Gasteiger partial charge in [-0.05, 0) is 32.5 Å². The Morgan fingerprint density at radius 1 is 1.41 bits per heavy atom. The number of carbonyl (C=O) groups excluding carboxylic acids is 1. The molecule has 6 nitrogen and oxygen atoms in total. The molecule has 1 fully saturated rings. The Morgan fingerprint density at radius 2 is 2.14 bits per heavy atom. The summed E-state index contributed by atoms with van der Waals surface area (Å²) in [7, 11) is -1.17. The molecule has 1 aromatic carbocycles. The van der Waals surface area contributed by atoms with Crippen molar-refractivity contribution < 1.29 is 17.9 Å². The van der Waals surface area contributed by atoms with Crippen molar-refractivity contribution in [3.05, 3.63) is 24.3 Å². The van der Waals surface area contributed by atoms with Crippen molar-refractivity contribution in [3.8, 4) is 5.75 Å². The Bertz CT molecular complexity index is 630. The standard InChI is InChI=1S/C15H22N2O4S/c1-3-21-14-7-5-4-6-13(14)16-15(18)10-17(2)12-8-9-22(19,20)11-12/h4-7,12H,3,8-11H2,1-2H3,(H,16,18). The van der Waals surface area contributed by atoms with E-state index in [1.54, 1.807) is 24.1 Å². The van der Waals surface area contributed by atoms with Crippen molar-refractivity contribution in [2.24, 2.45) is 0 Å². The van der Waals surface area contributed by atoms with Crippen LogP contribution in [0.25, 0.3) is 0 Å². The monoisotopic (exact) mass is 326 g/mol. The van der Waals surface area contributed by atoms with Crippen molar-refractivity contribution in [1.29, 1.82) is 0 Å². The van der Waals surface area contributed by atoms with Crippen LogP contribution in [0, 0.1) is 0 Å². The largest absolute Gasteiger partial charge is 0.492 e. The van der Waals surface area contributed by atoms with E-state index in [1.807, 2.05) is 19.1 Å². The molecular formula is C15H22N2O4S. The predicted octanol–water partition coefficient (Wildman–Crippen LogP) is 1.14. The van der Waals surface area contributed by atoms with E-state index in [9.17, 15) is 13.2 Å². The van der Waals surface area contributed by atoms with Crippen molar-refractivity contribution in [2.45, 2.75) is 19.4 Å². The number of hydrogen-bond acceptors (Lipinski definition) is 5. The number of anilines is 1. The van der Waals surface area contributed by atoms with Gasteiger partial charge in [-0.1, -0.05) is 12.1 Å². The molecule has 0 saturated carbocycles. The lowest BCUT2D eigenvalue weighted by atomic mass is 10.2. The lowest BCUT2D eigenvalue weighted by molar-refractivity contribution is -0.117. The Kier molecular flexibility index (Phi) is 5.42. The molecule has 7 heteroatoms. The van der Waals surface area contributed by atoms with Crippen LogP contribution >= 0.6 is 0 Å². The van der Waals surface area contributed by atoms with Crippen molar-refractivity contribution in [1.82, 2.24) is 4.90 Å². The van der Waals surface area contributed by atoms with Gasteiger partial charge in [-0.3, -0.25) is 9.69 Å². The van der Waals surface area contributed by atoms with E-state index >= 15 is 0 Å². The van der Waals surface area contributed by atoms with Crippen molar-refractivity contribution >= 4 is 21.4 Å². The molecule has 1 amide bonds. The van der Waals surface area contributed by atoms with Gasteiger partial charge < -0.3 is 10.1 Å². The molecule has 0 radical (unpaired) electrons. The van der Waals surface area contributed by atoms with E-state index < -0.39 is 9.84 Å². The number of benzene rings is 1. The van der Waals surface area contributed by atoms with Gasteiger partial charge in [-0.2, -0.15) is 0 Å². The van der Waals surface area contributed by atoms with Crippen LogP contribution in [0.4, 0.5) is 5.69 Å². The van der Waals surface area contributed by atoms with Crippen LogP contribution in [0.3, 0.4) is 0 Å². The van der Waals surface area contributed by atoms with E-state index in [2.05, 4.69) is 5.32 Å². The number of hydrogen-bond donors (Lipinski definition) is 1. The predicted molar refractivity (Wildman–Crippen MR) is 85.9 cm³/mol. The highest BCUT2D eigenvalue weighted by Gasteiger charge is 2.31. The molecule has 1 atom stereocenters. The maximum Gasteiger partial charge on any atom is 0.238 e. The molecular weight excluding hydrogens is 304 g/mol. The number of nitrogens with one attached hydrogen (secondary N) is 1. The summed E-state index contributed by atoms with van der Waals surface area (Å²) < 4.78 is 28.5. The first-order valence-electron chi connectivity index (χ1n) is 7.33. The highest BCUT2D eigenvalue weighted by atomic mass is 32.2.